The smallest absolute Gasteiger partial charge is 0.248 e. The lowest BCUT2D eigenvalue weighted by molar-refractivity contribution is 0.367. The molecule has 3 rings (SSSR count). The van der Waals surface area contributed by atoms with Gasteiger partial charge in [0.25, 0.3) is 0 Å². The summed E-state index contributed by atoms with van der Waals surface area (Å²) in [5, 5.41) is 7.82. The molecular weight excluding hydrogens is 263 g/mol. The molecule has 0 fully saturated rings. The average Bonchev–Trinajstić information content (AvgIpc) is 3.08. The molecule has 0 aliphatic heterocycles. The second-order valence-corrected chi connectivity index (χ2v) is 4.24. The zero-order valence-electron chi connectivity index (χ0n) is 10.6. The first-order valence-electron chi connectivity index (χ1n) is 5.83. The van der Waals surface area contributed by atoms with Crippen LogP contribution in [0.5, 0.6) is 0 Å². The first kappa shape index (κ1) is 12.4. The van der Waals surface area contributed by atoms with Gasteiger partial charge in [0.2, 0.25) is 11.7 Å². The average molecular weight is 274 g/mol. The quantitative estimate of drug-likeness (QED) is 0.767. The summed E-state index contributed by atoms with van der Waals surface area (Å²) in [6.45, 7) is 0. The molecule has 8 heteroatoms. The van der Waals surface area contributed by atoms with Crippen molar-refractivity contribution < 1.29 is 8.91 Å². The third-order valence-corrected chi connectivity index (χ3v) is 2.75. The zero-order chi connectivity index (χ0) is 14.1. The molecule has 0 radical (unpaired) electrons. The van der Waals surface area contributed by atoms with Gasteiger partial charge in [-0.05, 0) is 12.1 Å². The number of pyridine rings is 1. The number of hydrogen-bond donors (Lipinski definition) is 1. The van der Waals surface area contributed by atoms with Gasteiger partial charge in [-0.2, -0.15) is 10.1 Å². The van der Waals surface area contributed by atoms with E-state index in [0.717, 1.165) is 11.8 Å². The van der Waals surface area contributed by atoms with Gasteiger partial charge in [0.1, 0.15) is 17.6 Å². The molecule has 3 aromatic heterocycles. The minimum atomic E-state index is -0.564. The van der Waals surface area contributed by atoms with Crippen LogP contribution in [0.4, 0.5) is 4.39 Å². The van der Waals surface area contributed by atoms with E-state index in [1.165, 1.54) is 12.1 Å². The van der Waals surface area contributed by atoms with Gasteiger partial charge < -0.3 is 10.3 Å². The molecule has 1 atom stereocenters. The molecular formula is C12H11FN6O. The predicted octanol–water partition coefficient (Wildman–Crippen LogP) is 1.05. The lowest BCUT2D eigenvalue weighted by Gasteiger charge is -2.01. The van der Waals surface area contributed by atoms with E-state index in [0.29, 0.717) is 5.69 Å². The molecule has 20 heavy (non-hydrogen) atoms. The molecule has 0 spiro atoms. The van der Waals surface area contributed by atoms with Crippen molar-refractivity contribution in [2.75, 3.05) is 0 Å². The van der Waals surface area contributed by atoms with E-state index in [1.807, 2.05) is 0 Å². The van der Waals surface area contributed by atoms with Crippen molar-refractivity contribution in [3.8, 4) is 11.5 Å². The fourth-order valence-corrected chi connectivity index (χ4v) is 1.72. The fraction of sp³-hybridized carbons (Fsp3) is 0.167. The van der Waals surface area contributed by atoms with Crippen LogP contribution in [0.3, 0.4) is 0 Å². The molecule has 0 aliphatic rings. The van der Waals surface area contributed by atoms with E-state index >= 15 is 0 Å². The predicted molar refractivity (Wildman–Crippen MR) is 66.7 cm³/mol. The summed E-state index contributed by atoms with van der Waals surface area (Å²) < 4.78 is 19.6. The normalized spacial score (nSPS) is 12.6. The highest BCUT2D eigenvalue weighted by Crippen LogP contribution is 2.20. The molecule has 0 amide bonds. The molecule has 1 unspecified atom stereocenters. The highest BCUT2D eigenvalue weighted by Gasteiger charge is 2.19. The summed E-state index contributed by atoms with van der Waals surface area (Å²) in [6.07, 6.45) is 4.49. The maximum atomic E-state index is 12.8. The van der Waals surface area contributed by atoms with E-state index < -0.39 is 11.9 Å². The van der Waals surface area contributed by atoms with Crippen LogP contribution < -0.4 is 5.73 Å². The zero-order valence-corrected chi connectivity index (χ0v) is 10.6. The van der Waals surface area contributed by atoms with Crippen LogP contribution in [0.15, 0.2) is 35.2 Å². The summed E-state index contributed by atoms with van der Waals surface area (Å²) >= 11 is 0. The molecule has 3 aromatic rings. The third-order valence-electron chi connectivity index (χ3n) is 2.75. The summed E-state index contributed by atoms with van der Waals surface area (Å²) in [6, 6.07) is 2.18. The van der Waals surface area contributed by atoms with Crippen LogP contribution in [-0.2, 0) is 7.05 Å². The van der Waals surface area contributed by atoms with Crippen molar-refractivity contribution in [1.29, 1.82) is 0 Å². The second kappa shape index (κ2) is 4.82. The number of nitrogens with two attached hydrogens (primary N) is 1. The molecule has 0 saturated carbocycles. The molecule has 0 bridgehead atoms. The van der Waals surface area contributed by atoms with Crippen LogP contribution in [0, 0.1) is 5.82 Å². The van der Waals surface area contributed by atoms with Gasteiger partial charge in [-0.25, -0.2) is 9.37 Å². The Morgan fingerprint density at radius 2 is 2.20 bits per heavy atom. The van der Waals surface area contributed by atoms with Crippen LogP contribution in [0.25, 0.3) is 11.5 Å². The highest BCUT2D eigenvalue weighted by atomic mass is 19.1. The van der Waals surface area contributed by atoms with Crippen LogP contribution in [-0.4, -0.2) is 24.9 Å². The van der Waals surface area contributed by atoms with Crippen molar-refractivity contribution in [2.24, 2.45) is 12.8 Å². The van der Waals surface area contributed by atoms with Gasteiger partial charge in [0.15, 0.2) is 0 Å². The second-order valence-electron chi connectivity index (χ2n) is 4.24. The van der Waals surface area contributed by atoms with Gasteiger partial charge in [-0.15, -0.1) is 0 Å². The standard InChI is InChI=1S/C12H11FN6O/c1-19-6-7(4-16-19)10(14)12-17-11(18-20-12)9-3-2-8(13)5-15-9/h2-6,10H,14H2,1H3. The van der Waals surface area contributed by atoms with Crippen molar-refractivity contribution in [2.45, 2.75) is 6.04 Å². The first-order chi connectivity index (χ1) is 9.63. The Bertz CT molecular complexity index is 720. The summed E-state index contributed by atoms with van der Waals surface area (Å²) in [5.74, 6) is 0.0861. The van der Waals surface area contributed by atoms with E-state index in [9.17, 15) is 4.39 Å². The lowest BCUT2D eigenvalue weighted by Crippen LogP contribution is -2.11. The van der Waals surface area contributed by atoms with E-state index in [4.69, 9.17) is 10.3 Å². The molecule has 0 saturated heterocycles. The summed E-state index contributed by atoms with van der Waals surface area (Å²) in [5.41, 5.74) is 7.19. The summed E-state index contributed by atoms with van der Waals surface area (Å²) in [7, 11) is 1.79. The Morgan fingerprint density at radius 1 is 1.35 bits per heavy atom. The van der Waals surface area contributed by atoms with Gasteiger partial charge >= 0.3 is 0 Å². The summed E-state index contributed by atoms with van der Waals surface area (Å²) in [4.78, 5) is 8.05. The number of rotatable bonds is 3. The largest absolute Gasteiger partial charge is 0.337 e. The van der Waals surface area contributed by atoms with Gasteiger partial charge in [-0.1, -0.05) is 5.16 Å². The van der Waals surface area contributed by atoms with Crippen LogP contribution >= 0.6 is 0 Å². The Hall–Kier alpha value is -2.61. The number of halogens is 1. The van der Waals surface area contributed by atoms with E-state index in [1.54, 1.807) is 24.1 Å². The molecule has 0 aliphatic carbocycles. The van der Waals surface area contributed by atoms with Crippen molar-refractivity contribution in [1.82, 2.24) is 24.9 Å². The minimum absolute atomic E-state index is 0.249. The SMILES string of the molecule is Cn1cc(C(N)c2nc(-c3ccc(F)cn3)no2)cn1. The Labute approximate surface area is 113 Å². The van der Waals surface area contributed by atoms with Crippen molar-refractivity contribution >= 4 is 0 Å². The molecule has 0 aromatic carbocycles. The highest BCUT2D eigenvalue weighted by molar-refractivity contribution is 5.47. The Morgan fingerprint density at radius 3 is 2.85 bits per heavy atom. The van der Waals surface area contributed by atoms with E-state index in [2.05, 4.69) is 20.2 Å². The molecule has 7 nitrogen and oxygen atoms in total. The number of aryl methyl sites for hydroxylation is 1. The lowest BCUT2D eigenvalue weighted by atomic mass is 10.2. The first-order valence-corrected chi connectivity index (χ1v) is 5.83. The van der Waals surface area contributed by atoms with E-state index in [-0.39, 0.29) is 11.7 Å². The molecule has 2 N–H and O–H groups in total. The van der Waals surface area contributed by atoms with Gasteiger partial charge in [0.05, 0.1) is 12.4 Å². The maximum Gasteiger partial charge on any atom is 0.248 e. The van der Waals surface area contributed by atoms with Gasteiger partial charge in [0, 0.05) is 18.8 Å². The van der Waals surface area contributed by atoms with Crippen molar-refractivity contribution in [3.63, 3.8) is 0 Å². The number of nitrogens with zero attached hydrogens (tertiary/aromatic N) is 5. The molecule has 102 valence electrons. The van der Waals surface area contributed by atoms with Crippen molar-refractivity contribution in [3.05, 3.63) is 48.0 Å². The number of hydrogen-bond acceptors (Lipinski definition) is 6. The Kier molecular flexibility index (Phi) is 2.99. The molecule has 3 heterocycles. The van der Waals surface area contributed by atoms with Crippen LogP contribution in [0.2, 0.25) is 0 Å². The Balaban J connectivity index is 1.88. The maximum absolute atomic E-state index is 12.8. The van der Waals surface area contributed by atoms with Gasteiger partial charge in [-0.3, -0.25) is 4.68 Å². The third kappa shape index (κ3) is 2.28. The van der Waals surface area contributed by atoms with Crippen LogP contribution in [0.1, 0.15) is 17.5 Å². The minimum Gasteiger partial charge on any atom is -0.337 e. The fourth-order valence-electron chi connectivity index (χ4n) is 1.72. The topological polar surface area (TPSA) is 95.7 Å². The monoisotopic (exact) mass is 274 g/mol. The number of aromatic nitrogens is 5.